The van der Waals surface area contributed by atoms with Crippen LogP contribution in [-0.4, -0.2) is 26.3 Å². The summed E-state index contributed by atoms with van der Waals surface area (Å²) in [7, 11) is -1.88. The molecule has 0 bridgehead atoms. The Balaban J connectivity index is 2.14. The Morgan fingerprint density at radius 2 is 2.05 bits per heavy atom. The molecule has 0 amide bonds. The molecule has 0 radical (unpaired) electrons. The Hall–Kier alpha value is -1.37. The van der Waals surface area contributed by atoms with Crippen molar-refractivity contribution in [2.45, 2.75) is 24.7 Å². The molecular formula is C15H20N2O2S2. The van der Waals surface area contributed by atoms with Crippen LogP contribution in [0.4, 0.5) is 5.69 Å². The Morgan fingerprint density at radius 1 is 1.29 bits per heavy atom. The van der Waals surface area contributed by atoms with E-state index < -0.39 is 10.0 Å². The first-order valence-corrected chi connectivity index (χ1v) is 9.14. The summed E-state index contributed by atoms with van der Waals surface area (Å²) in [6.07, 6.45) is 1.51. The molecule has 0 saturated heterocycles. The highest BCUT2D eigenvalue weighted by atomic mass is 32.2. The number of thiophene rings is 1. The first-order chi connectivity index (χ1) is 9.95. The maximum Gasteiger partial charge on any atom is 0.242 e. The fourth-order valence-electron chi connectivity index (χ4n) is 2.08. The molecule has 0 spiro atoms. The molecular weight excluding hydrogens is 304 g/mol. The van der Waals surface area contributed by atoms with E-state index in [4.69, 9.17) is 5.73 Å². The molecule has 1 heterocycles. The topological polar surface area (TPSA) is 63.4 Å². The third kappa shape index (κ3) is 3.64. The molecule has 0 saturated carbocycles. The summed E-state index contributed by atoms with van der Waals surface area (Å²) in [5.41, 5.74) is 7.40. The van der Waals surface area contributed by atoms with Crippen molar-refractivity contribution < 1.29 is 8.42 Å². The molecule has 0 aliphatic heterocycles. The second kappa shape index (κ2) is 6.60. The number of hydrogen-bond donors (Lipinski definition) is 1. The van der Waals surface area contributed by atoms with Crippen molar-refractivity contribution in [2.75, 3.05) is 19.3 Å². The number of nitrogens with zero attached hydrogens (tertiary/aromatic N) is 1. The monoisotopic (exact) mass is 324 g/mol. The highest BCUT2D eigenvalue weighted by Crippen LogP contribution is 2.21. The number of nitrogens with two attached hydrogens (primary N) is 1. The van der Waals surface area contributed by atoms with E-state index in [2.05, 4.69) is 0 Å². The maximum atomic E-state index is 12.5. The number of anilines is 1. The minimum Gasteiger partial charge on any atom is -0.398 e. The van der Waals surface area contributed by atoms with Crippen LogP contribution in [0.1, 0.15) is 17.4 Å². The molecule has 2 aromatic rings. The molecule has 1 aromatic heterocycles. The molecule has 114 valence electrons. The van der Waals surface area contributed by atoms with Gasteiger partial charge in [0.1, 0.15) is 0 Å². The molecule has 21 heavy (non-hydrogen) atoms. The van der Waals surface area contributed by atoms with Gasteiger partial charge in [-0.15, -0.1) is 11.3 Å². The minimum atomic E-state index is -3.48. The van der Waals surface area contributed by atoms with Crippen molar-refractivity contribution in [2.24, 2.45) is 0 Å². The molecule has 4 nitrogen and oxygen atoms in total. The van der Waals surface area contributed by atoms with E-state index >= 15 is 0 Å². The van der Waals surface area contributed by atoms with E-state index in [9.17, 15) is 8.42 Å². The summed E-state index contributed by atoms with van der Waals surface area (Å²) >= 11 is 1.64. The zero-order chi connectivity index (χ0) is 15.5. The van der Waals surface area contributed by atoms with Crippen molar-refractivity contribution in [3.63, 3.8) is 0 Å². The van der Waals surface area contributed by atoms with Gasteiger partial charge in [-0.25, -0.2) is 12.7 Å². The Kier molecular flexibility index (Phi) is 5.03. The van der Waals surface area contributed by atoms with Crippen LogP contribution in [0.5, 0.6) is 0 Å². The van der Waals surface area contributed by atoms with Gasteiger partial charge in [0.15, 0.2) is 0 Å². The number of sulfonamides is 1. The third-order valence-corrected chi connectivity index (χ3v) is 6.25. The normalized spacial score (nSPS) is 12.0. The molecule has 0 unspecified atom stereocenters. The Morgan fingerprint density at radius 3 is 2.62 bits per heavy atom. The van der Waals surface area contributed by atoms with Gasteiger partial charge >= 0.3 is 0 Å². The number of nitrogen functional groups attached to an aromatic ring is 1. The van der Waals surface area contributed by atoms with Gasteiger partial charge in [-0.1, -0.05) is 19.1 Å². The van der Waals surface area contributed by atoms with Crippen molar-refractivity contribution >= 4 is 27.0 Å². The lowest BCUT2D eigenvalue weighted by molar-refractivity contribution is 0.473. The smallest absolute Gasteiger partial charge is 0.242 e. The summed E-state index contributed by atoms with van der Waals surface area (Å²) in [6.45, 7) is 2.45. The van der Waals surface area contributed by atoms with Gasteiger partial charge in [0.25, 0.3) is 0 Å². The average molecular weight is 324 g/mol. The lowest BCUT2D eigenvalue weighted by Gasteiger charge is -2.17. The zero-order valence-electron chi connectivity index (χ0n) is 12.2. The Labute approximate surface area is 130 Å². The summed E-state index contributed by atoms with van der Waals surface area (Å²) in [5.74, 6) is 0. The summed E-state index contributed by atoms with van der Waals surface area (Å²) in [6, 6.07) is 8.95. The average Bonchev–Trinajstić information content (AvgIpc) is 2.97. The SMILES string of the molecule is CCc1ccc(S(=O)(=O)N(C)CCc2cccs2)cc1N. The number of likely N-dealkylation sites (N-methyl/N-ethyl adjacent to an activating group) is 1. The summed E-state index contributed by atoms with van der Waals surface area (Å²) < 4.78 is 26.4. The maximum absolute atomic E-state index is 12.5. The molecule has 1 aromatic carbocycles. The predicted molar refractivity (Wildman–Crippen MR) is 88.1 cm³/mol. The van der Waals surface area contributed by atoms with Crippen LogP contribution in [-0.2, 0) is 22.9 Å². The second-order valence-corrected chi connectivity index (χ2v) is 7.95. The molecule has 2 N–H and O–H groups in total. The first kappa shape index (κ1) is 16.0. The molecule has 0 atom stereocenters. The standard InChI is InChI=1S/C15H20N2O2S2/c1-3-12-6-7-14(11-15(12)16)21(18,19)17(2)9-8-13-5-4-10-20-13/h4-7,10-11H,3,8-9,16H2,1-2H3. The molecule has 0 aliphatic rings. The van der Waals surface area contributed by atoms with E-state index in [-0.39, 0.29) is 4.90 Å². The highest BCUT2D eigenvalue weighted by Gasteiger charge is 2.21. The van der Waals surface area contributed by atoms with E-state index in [0.29, 0.717) is 12.2 Å². The summed E-state index contributed by atoms with van der Waals surface area (Å²) in [5, 5.41) is 1.99. The minimum absolute atomic E-state index is 0.255. The fraction of sp³-hybridized carbons (Fsp3) is 0.333. The van der Waals surface area contributed by atoms with Crippen LogP contribution in [0.2, 0.25) is 0 Å². The number of benzene rings is 1. The van der Waals surface area contributed by atoms with Crippen LogP contribution in [0.3, 0.4) is 0 Å². The van der Waals surface area contributed by atoms with Crippen molar-refractivity contribution in [1.82, 2.24) is 4.31 Å². The largest absolute Gasteiger partial charge is 0.398 e. The highest BCUT2D eigenvalue weighted by molar-refractivity contribution is 7.89. The fourth-order valence-corrected chi connectivity index (χ4v) is 3.98. The van der Waals surface area contributed by atoms with Crippen molar-refractivity contribution in [3.05, 3.63) is 46.2 Å². The number of aryl methyl sites for hydroxylation is 1. The van der Waals surface area contributed by atoms with Gasteiger partial charge in [-0.05, 0) is 42.0 Å². The van der Waals surface area contributed by atoms with E-state index in [0.717, 1.165) is 18.4 Å². The van der Waals surface area contributed by atoms with E-state index in [1.54, 1.807) is 36.6 Å². The lowest BCUT2D eigenvalue weighted by Crippen LogP contribution is -2.29. The van der Waals surface area contributed by atoms with E-state index in [1.807, 2.05) is 24.4 Å². The van der Waals surface area contributed by atoms with Crippen molar-refractivity contribution in [3.8, 4) is 0 Å². The molecule has 0 aliphatic carbocycles. The van der Waals surface area contributed by atoms with Crippen LogP contribution in [0, 0.1) is 0 Å². The number of hydrogen-bond acceptors (Lipinski definition) is 4. The molecule has 2 rings (SSSR count). The lowest BCUT2D eigenvalue weighted by atomic mass is 10.1. The van der Waals surface area contributed by atoms with E-state index in [1.165, 1.54) is 9.18 Å². The predicted octanol–water partition coefficient (Wildman–Crippen LogP) is 2.76. The first-order valence-electron chi connectivity index (χ1n) is 6.82. The van der Waals surface area contributed by atoms with Gasteiger partial charge in [0.2, 0.25) is 10.0 Å². The van der Waals surface area contributed by atoms with Crippen molar-refractivity contribution in [1.29, 1.82) is 0 Å². The summed E-state index contributed by atoms with van der Waals surface area (Å²) in [4.78, 5) is 1.43. The number of rotatable bonds is 6. The van der Waals surface area contributed by atoms with Gasteiger partial charge in [0, 0.05) is 24.2 Å². The van der Waals surface area contributed by atoms with Crippen LogP contribution in [0.25, 0.3) is 0 Å². The van der Waals surface area contributed by atoms with Gasteiger partial charge in [-0.3, -0.25) is 0 Å². The van der Waals surface area contributed by atoms with Crippen LogP contribution < -0.4 is 5.73 Å². The van der Waals surface area contributed by atoms with Crippen LogP contribution in [0.15, 0.2) is 40.6 Å². The van der Waals surface area contributed by atoms with Crippen LogP contribution >= 0.6 is 11.3 Å². The second-order valence-electron chi connectivity index (χ2n) is 4.87. The zero-order valence-corrected chi connectivity index (χ0v) is 13.9. The van der Waals surface area contributed by atoms with Gasteiger partial charge in [0.05, 0.1) is 4.90 Å². The molecule has 6 heteroatoms. The van der Waals surface area contributed by atoms with Gasteiger partial charge in [-0.2, -0.15) is 0 Å². The quantitative estimate of drug-likeness (QED) is 0.831. The molecule has 0 fully saturated rings. The Bertz CT molecular complexity index is 694. The third-order valence-electron chi connectivity index (χ3n) is 3.46. The van der Waals surface area contributed by atoms with Gasteiger partial charge < -0.3 is 5.73 Å².